The largest absolute Gasteiger partial charge is 0.497 e. The molecule has 1 aliphatic heterocycles. The van der Waals surface area contributed by atoms with Gasteiger partial charge in [0.2, 0.25) is 11.8 Å². The summed E-state index contributed by atoms with van der Waals surface area (Å²) < 4.78 is 10.6. The van der Waals surface area contributed by atoms with Gasteiger partial charge in [0.05, 0.1) is 37.8 Å². The van der Waals surface area contributed by atoms with E-state index in [1.54, 1.807) is 33.1 Å². The van der Waals surface area contributed by atoms with Crippen LogP contribution in [0.3, 0.4) is 0 Å². The summed E-state index contributed by atoms with van der Waals surface area (Å²) in [5, 5.41) is 15.5. The van der Waals surface area contributed by atoms with Crippen LogP contribution in [0.15, 0.2) is 24.3 Å². The monoisotopic (exact) mass is 544 g/mol. The third-order valence-electron chi connectivity index (χ3n) is 7.69. The van der Waals surface area contributed by atoms with Gasteiger partial charge in [0, 0.05) is 12.3 Å². The second-order valence-corrected chi connectivity index (χ2v) is 12.0. The predicted molar refractivity (Wildman–Crippen MR) is 146 cm³/mol. The fourth-order valence-electron chi connectivity index (χ4n) is 5.21. The Morgan fingerprint density at radius 3 is 2.28 bits per heavy atom. The van der Waals surface area contributed by atoms with Gasteiger partial charge in [-0.2, -0.15) is 0 Å². The first-order chi connectivity index (χ1) is 18.3. The lowest BCUT2D eigenvalue weighted by Gasteiger charge is -2.26. The number of epoxide rings is 1. The fourth-order valence-corrected chi connectivity index (χ4v) is 5.21. The first kappa shape index (κ1) is 30.8. The van der Waals surface area contributed by atoms with E-state index in [9.17, 15) is 24.3 Å². The predicted octanol–water partition coefficient (Wildman–Crippen LogP) is 2.90. The molecular formula is C30H44N2O7. The molecule has 1 aromatic carbocycles. The van der Waals surface area contributed by atoms with Crippen LogP contribution in [0.25, 0.3) is 0 Å². The van der Waals surface area contributed by atoms with E-state index in [-0.39, 0.29) is 36.7 Å². The molecule has 0 unspecified atom stereocenters. The van der Waals surface area contributed by atoms with Gasteiger partial charge in [-0.3, -0.25) is 19.2 Å². The molecule has 0 bridgehead atoms. The normalized spacial score (nSPS) is 21.5. The van der Waals surface area contributed by atoms with Crippen molar-refractivity contribution in [1.29, 1.82) is 0 Å². The summed E-state index contributed by atoms with van der Waals surface area (Å²) in [6.45, 7) is 6.71. The van der Waals surface area contributed by atoms with E-state index in [0.717, 1.165) is 31.2 Å². The van der Waals surface area contributed by atoms with Crippen LogP contribution in [0.4, 0.5) is 0 Å². The maximum atomic E-state index is 13.7. The average Bonchev–Trinajstić information content (AvgIpc) is 3.40. The zero-order valence-corrected chi connectivity index (χ0v) is 23.9. The van der Waals surface area contributed by atoms with Crippen LogP contribution in [0.2, 0.25) is 0 Å². The molecule has 0 spiro atoms. The van der Waals surface area contributed by atoms with Crippen molar-refractivity contribution in [3.8, 4) is 5.75 Å². The lowest BCUT2D eigenvalue weighted by atomic mass is 9.88. The lowest BCUT2D eigenvalue weighted by molar-refractivity contribution is -0.135. The van der Waals surface area contributed by atoms with Crippen molar-refractivity contribution in [2.24, 2.45) is 11.8 Å². The van der Waals surface area contributed by atoms with E-state index < -0.39 is 35.1 Å². The second-order valence-electron chi connectivity index (χ2n) is 12.0. The molecular weight excluding hydrogens is 500 g/mol. The molecule has 3 rings (SSSR count). The van der Waals surface area contributed by atoms with Crippen LogP contribution in [0, 0.1) is 11.8 Å². The molecule has 1 aliphatic carbocycles. The number of carbonyl (C=O) groups is 4. The van der Waals surface area contributed by atoms with Gasteiger partial charge in [-0.05, 0) is 64.2 Å². The van der Waals surface area contributed by atoms with Crippen LogP contribution < -0.4 is 15.4 Å². The summed E-state index contributed by atoms with van der Waals surface area (Å²) >= 11 is 0. The van der Waals surface area contributed by atoms with Crippen LogP contribution in [-0.2, 0) is 30.3 Å². The third kappa shape index (κ3) is 9.42. The molecule has 0 radical (unpaired) electrons. The molecule has 0 aromatic heterocycles. The number of benzene rings is 1. The van der Waals surface area contributed by atoms with Crippen molar-refractivity contribution in [2.75, 3.05) is 13.7 Å². The number of hydrogen-bond acceptors (Lipinski definition) is 7. The van der Waals surface area contributed by atoms with Crippen molar-refractivity contribution in [1.82, 2.24) is 10.6 Å². The number of aliphatic hydroxyl groups is 1. The molecule has 1 saturated heterocycles. The SMILES string of the molecule is COc1ccc(C[C@H](CC(=O)[C@@H](C)NC(=O)CC(C)(C)O)C(=O)N[C@@H](CC2CCCC2)C(=O)[C@@]2(C)CO2)cc1. The molecule has 1 saturated carbocycles. The minimum atomic E-state index is -1.20. The van der Waals surface area contributed by atoms with Gasteiger partial charge >= 0.3 is 0 Å². The number of rotatable bonds is 15. The van der Waals surface area contributed by atoms with Gasteiger partial charge in [0.25, 0.3) is 0 Å². The quantitative estimate of drug-likeness (QED) is 0.289. The molecule has 2 amide bonds. The Hall–Kier alpha value is -2.78. The number of methoxy groups -OCH3 is 1. The number of ketones is 2. The van der Waals surface area contributed by atoms with Crippen LogP contribution >= 0.6 is 0 Å². The van der Waals surface area contributed by atoms with Gasteiger partial charge in [-0.25, -0.2) is 0 Å². The number of ether oxygens (including phenoxy) is 2. The van der Waals surface area contributed by atoms with Crippen molar-refractivity contribution < 1.29 is 33.8 Å². The highest BCUT2D eigenvalue weighted by atomic mass is 16.6. The Labute approximate surface area is 231 Å². The minimum absolute atomic E-state index is 0.111. The van der Waals surface area contributed by atoms with Gasteiger partial charge in [-0.15, -0.1) is 0 Å². The van der Waals surface area contributed by atoms with E-state index >= 15 is 0 Å². The molecule has 2 aliphatic rings. The fraction of sp³-hybridized carbons (Fsp3) is 0.667. The van der Waals surface area contributed by atoms with Crippen LogP contribution in [0.1, 0.15) is 78.2 Å². The Balaban J connectivity index is 1.75. The molecule has 3 N–H and O–H groups in total. The van der Waals surface area contributed by atoms with E-state index in [2.05, 4.69) is 10.6 Å². The Kier molecular flexibility index (Phi) is 10.3. The highest BCUT2D eigenvalue weighted by molar-refractivity contribution is 5.98. The molecule has 39 heavy (non-hydrogen) atoms. The molecule has 2 fully saturated rings. The van der Waals surface area contributed by atoms with Gasteiger partial charge in [0.1, 0.15) is 11.4 Å². The summed E-state index contributed by atoms with van der Waals surface area (Å²) in [4.78, 5) is 52.4. The zero-order chi connectivity index (χ0) is 28.8. The molecule has 1 heterocycles. The van der Waals surface area contributed by atoms with E-state index in [1.165, 1.54) is 13.8 Å². The van der Waals surface area contributed by atoms with Crippen molar-refractivity contribution in [2.45, 2.75) is 102 Å². The van der Waals surface area contributed by atoms with Crippen LogP contribution in [0.5, 0.6) is 5.75 Å². The zero-order valence-electron chi connectivity index (χ0n) is 23.9. The molecule has 216 valence electrons. The summed E-state index contributed by atoms with van der Waals surface area (Å²) in [5.74, 6) is -0.929. The number of nitrogens with one attached hydrogen (secondary N) is 2. The molecule has 4 atom stereocenters. The van der Waals surface area contributed by atoms with Gasteiger partial charge < -0.3 is 25.2 Å². The lowest BCUT2D eigenvalue weighted by Crippen LogP contribution is -2.49. The number of amides is 2. The smallest absolute Gasteiger partial charge is 0.224 e. The molecule has 1 aromatic rings. The van der Waals surface area contributed by atoms with Crippen LogP contribution in [-0.4, -0.2) is 65.5 Å². The molecule has 9 nitrogen and oxygen atoms in total. The number of Topliss-reactive ketones (excluding diaryl/α,β-unsaturated/α-hetero) is 2. The summed E-state index contributed by atoms with van der Waals surface area (Å²) in [7, 11) is 1.57. The highest BCUT2D eigenvalue weighted by Gasteiger charge is 2.50. The van der Waals surface area contributed by atoms with Crippen molar-refractivity contribution in [3.63, 3.8) is 0 Å². The van der Waals surface area contributed by atoms with E-state index in [1.807, 2.05) is 12.1 Å². The van der Waals surface area contributed by atoms with Gasteiger partial charge in [-0.1, -0.05) is 37.8 Å². The van der Waals surface area contributed by atoms with E-state index in [4.69, 9.17) is 9.47 Å². The highest BCUT2D eigenvalue weighted by Crippen LogP contribution is 2.34. The second kappa shape index (κ2) is 13.0. The maximum absolute atomic E-state index is 13.7. The Bertz CT molecular complexity index is 1020. The Morgan fingerprint density at radius 2 is 1.74 bits per heavy atom. The van der Waals surface area contributed by atoms with E-state index in [0.29, 0.717) is 24.7 Å². The summed E-state index contributed by atoms with van der Waals surface area (Å²) in [6.07, 6.45) is 4.91. The topological polar surface area (TPSA) is 134 Å². The third-order valence-corrected chi connectivity index (χ3v) is 7.69. The number of hydrogen-bond donors (Lipinski definition) is 3. The Morgan fingerprint density at radius 1 is 1.13 bits per heavy atom. The first-order valence-corrected chi connectivity index (χ1v) is 14.0. The molecule has 9 heteroatoms. The standard InChI is InChI=1S/C30H44N2O7/c1-19(31-26(34)17-29(2,3)37)25(33)16-22(14-21-10-12-23(38-5)13-11-21)28(36)32-24(15-20-8-6-7-9-20)27(35)30(4)18-39-30/h10-13,19-20,22,24,37H,6-9,14-18H2,1-5H3,(H,31,34)(H,32,36)/t19-,22-,24+,30-/m1/s1. The summed E-state index contributed by atoms with van der Waals surface area (Å²) in [6, 6.07) is 5.77. The van der Waals surface area contributed by atoms with Crippen molar-refractivity contribution >= 4 is 23.4 Å². The average molecular weight is 545 g/mol. The minimum Gasteiger partial charge on any atom is -0.497 e. The number of carbonyl (C=O) groups excluding carboxylic acids is 4. The summed E-state index contributed by atoms with van der Waals surface area (Å²) in [5.41, 5.74) is -1.22. The first-order valence-electron chi connectivity index (χ1n) is 14.0. The maximum Gasteiger partial charge on any atom is 0.224 e. The van der Waals surface area contributed by atoms with Crippen molar-refractivity contribution in [3.05, 3.63) is 29.8 Å². The van der Waals surface area contributed by atoms with Gasteiger partial charge in [0.15, 0.2) is 11.6 Å².